The van der Waals surface area contributed by atoms with Crippen LogP contribution in [0.5, 0.6) is 0 Å². The van der Waals surface area contributed by atoms with Gasteiger partial charge in [0.15, 0.2) is 0 Å². The molecule has 0 unspecified atom stereocenters. The topological polar surface area (TPSA) is 6.48 Å². The van der Waals surface area contributed by atoms with Crippen molar-refractivity contribution in [2.24, 2.45) is 0 Å². The maximum Gasteiger partial charge on any atom is 0.0110 e. The summed E-state index contributed by atoms with van der Waals surface area (Å²) in [5, 5.41) is 0. The van der Waals surface area contributed by atoms with E-state index in [1.807, 2.05) is 11.8 Å². The van der Waals surface area contributed by atoms with E-state index in [0.717, 1.165) is 0 Å². The van der Waals surface area contributed by atoms with Crippen molar-refractivity contribution in [3.8, 4) is 0 Å². The first kappa shape index (κ1) is 10.4. The summed E-state index contributed by atoms with van der Waals surface area (Å²) in [7, 11) is 0. The third kappa shape index (κ3) is 3.33. The number of nitrogens with zero attached hydrogens (tertiary/aromatic N) is 2. The molecule has 1 fully saturated rings. The fourth-order valence-corrected chi connectivity index (χ4v) is 1.99. The number of thioether (sulfide) groups is 1. The van der Waals surface area contributed by atoms with Crippen LogP contribution in [0.3, 0.4) is 0 Å². The predicted molar refractivity (Wildman–Crippen MR) is 56.9 cm³/mol. The molecule has 1 rings (SSSR count). The van der Waals surface area contributed by atoms with Gasteiger partial charge in [0.25, 0.3) is 0 Å². The molecule has 0 aliphatic carbocycles. The highest BCUT2D eigenvalue weighted by molar-refractivity contribution is 7.98. The second kappa shape index (κ2) is 5.84. The van der Waals surface area contributed by atoms with Gasteiger partial charge in [0.1, 0.15) is 0 Å². The Morgan fingerprint density at radius 1 is 1.08 bits per heavy atom. The van der Waals surface area contributed by atoms with Crippen molar-refractivity contribution in [3.63, 3.8) is 0 Å². The molecule has 2 nitrogen and oxygen atoms in total. The zero-order valence-electron chi connectivity index (χ0n) is 8.25. The number of rotatable bonds is 4. The SMILES string of the molecule is CCN1CCN(CCSC)CC1. The fourth-order valence-electron chi connectivity index (χ4n) is 1.55. The molecule has 1 aliphatic heterocycles. The summed E-state index contributed by atoms with van der Waals surface area (Å²) in [5.41, 5.74) is 0. The van der Waals surface area contributed by atoms with E-state index < -0.39 is 0 Å². The average Bonchev–Trinajstić information content (AvgIpc) is 2.15. The second-order valence-electron chi connectivity index (χ2n) is 3.27. The van der Waals surface area contributed by atoms with Gasteiger partial charge >= 0.3 is 0 Å². The third-order valence-corrected chi connectivity index (χ3v) is 3.11. The van der Waals surface area contributed by atoms with Crippen molar-refractivity contribution in [1.82, 2.24) is 9.80 Å². The summed E-state index contributed by atoms with van der Waals surface area (Å²) in [6.45, 7) is 9.82. The lowest BCUT2D eigenvalue weighted by Crippen LogP contribution is -2.46. The van der Waals surface area contributed by atoms with Crippen molar-refractivity contribution < 1.29 is 0 Å². The van der Waals surface area contributed by atoms with Crippen LogP contribution in [0.4, 0.5) is 0 Å². The molecule has 12 heavy (non-hydrogen) atoms. The van der Waals surface area contributed by atoms with Gasteiger partial charge in [-0.3, -0.25) is 4.90 Å². The smallest absolute Gasteiger partial charge is 0.0110 e. The number of piperazine rings is 1. The van der Waals surface area contributed by atoms with Crippen LogP contribution in [0.2, 0.25) is 0 Å². The molecule has 0 atom stereocenters. The van der Waals surface area contributed by atoms with Crippen molar-refractivity contribution in [3.05, 3.63) is 0 Å². The minimum absolute atomic E-state index is 1.22. The molecule has 1 heterocycles. The van der Waals surface area contributed by atoms with Gasteiger partial charge in [0.2, 0.25) is 0 Å². The van der Waals surface area contributed by atoms with E-state index in [9.17, 15) is 0 Å². The quantitative estimate of drug-likeness (QED) is 0.649. The molecule has 0 spiro atoms. The molecule has 3 heteroatoms. The Morgan fingerprint density at radius 3 is 2.17 bits per heavy atom. The molecule has 0 aromatic carbocycles. The zero-order valence-corrected chi connectivity index (χ0v) is 9.07. The lowest BCUT2D eigenvalue weighted by molar-refractivity contribution is 0.143. The van der Waals surface area contributed by atoms with Gasteiger partial charge in [0.05, 0.1) is 0 Å². The normalized spacial score (nSPS) is 21.5. The Morgan fingerprint density at radius 2 is 1.67 bits per heavy atom. The molecule has 0 saturated carbocycles. The predicted octanol–water partition coefficient (Wildman–Crippen LogP) is 0.987. The van der Waals surface area contributed by atoms with E-state index in [2.05, 4.69) is 23.0 Å². The molecule has 0 bridgehead atoms. The fraction of sp³-hybridized carbons (Fsp3) is 1.00. The maximum absolute atomic E-state index is 2.57. The molecule has 0 radical (unpaired) electrons. The number of likely N-dealkylation sites (N-methyl/N-ethyl adjacent to an activating group) is 1. The summed E-state index contributed by atoms with van der Waals surface area (Å²) in [4.78, 5) is 5.10. The third-order valence-electron chi connectivity index (χ3n) is 2.52. The van der Waals surface area contributed by atoms with E-state index >= 15 is 0 Å². The minimum Gasteiger partial charge on any atom is -0.301 e. The standard InChI is InChI=1S/C9H20N2S/c1-3-10-4-6-11(7-5-10)8-9-12-2/h3-9H2,1-2H3. The van der Waals surface area contributed by atoms with Crippen LogP contribution >= 0.6 is 11.8 Å². The van der Waals surface area contributed by atoms with E-state index in [1.54, 1.807) is 0 Å². The van der Waals surface area contributed by atoms with Crippen LogP contribution in [0.25, 0.3) is 0 Å². The Kier molecular flexibility index (Phi) is 5.04. The molecular formula is C9H20N2S. The average molecular weight is 188 g/mol. The largest absolute Gasteiger partial charge is 0.301 e. The first-order valence-corrected chi connectivity index (χ1v) is 6.20. The maximum atomic E-state index is 2.57. The molecule has 0 aromatic rings. The minimum atomic E-state index is 1.22. The van der Waals surface area contributed by atoms with Crippen LogP contribution < -0.4 is 0 Å². The zero-order chi connectivity index (χ0) is 8.81. The molecule has 72 valence electrons. The molecular weight excluding hydrogens is 168 g/mol. The summed E-state index contributed by atoms with van der Waals surface area (Å²) in [5.74, 6) is 1.28. The molecule has 0 aromatic heterocycles. The summed E-state index contributed by atoms with van der Waals surface area (Å²) >= 11 is 1.95. The summed E-state index contributed by atoms with van der Waals surface area (Å²) in [6.07, 6.45) is 2.18. The van der Waals surface area contributed by atoms with Crippen molar-refractivity contribution >= 4 is 11.8 Å². The highest BCUT2D eigenvalue weighted by atomic mass is 32.2. The molecule has 0 N–H and O–H groups in total. The Hall–Kier alpha value is 0.270. The van der Waals surface area contributed by atoms with Gasteiger partial charge in [-0.25, -0.2) is 0 Å². The Balaban J connectivity index is 2.09. The van der Waals surface area contributed by atoms with Crippen LogP contribution in [-0.4, -0.2) is 61.1 Å². The lowest BCUT2D eigenvalue weighted by Gasteiger charge is -2.33. The van der Waals surface area contributed by atoms with Gasteiger partial charge in [-0.05, 0) is 12.8 Å². The van der Waals surface area contributed by atoms with Crippen LogP contribution in [0.1, 0.15) is 6.92 Å². The highest BCUT2D eigenvalue weighted by Crippen LogP contribution is 2.02. The van der Waals surface area contributed by atoms with Crippen LogP contribution in [-0.2, 0) is 0 Å². The van der Waals surface area contributed by atoms with E-state index in [-0.39, 0.29) is 0 Å². The monoisotopic (exact) mass is 188 g/mol. The Labute approximate surface area is 80.3 Å². The van der Waals surface area contributed by atoms with Gasteiger partial charge < -0.3 is 4.90 Å². The van der Waals surface area contributed by atoms with Crippen molar-refractivity contribution in [2.45, 2.75) is 6.92 Å². The van der Waals surface area contributed by atoms with Gasteiger partial charge in [-0.1, -0.05) is 6.92 Å². The molecule has 1 saturated heterocycles. The van der Waals surface area contributed by atoms with Crippen molar-refractivity contribution in [2.75, 3.05) is 51.3 Å². The van der Waals surface area contributed by atoms with Crippen LogP contribution in [0.15, 0.2) is 0 Å². The Bertz CT molecular complexity index is 111. The van der Waals surface area contributed by atoms with Crippen molar-refractivity contribution in [1.29, 1.82) is 0 Å². The van der Waals surface area contributed by atoms with Gasteiger partial charge in [-0.2, -0.15) is 11.8 Å². The summed E-state index contributed by atoms with van der Waals surface area (Å²) < 4.78 is 0. The van der Waals surface area contributed by atoms with Gasteiger partial charge in [0, 0.05) is 38.5 Å². The van der Waals surface area contributed by atoms with E-state index in [0.29, 0.717) is 0 Å². The summed E-state index contributed by atoms with van der Waals surface area (Å²) in [6, 6.07) is 0. The number of hydrogen-bond donors (Lipinski definition) is 0. The van der Waals surface area contributed by atoms with Crippen LogP contribution in [0, 0.1) is 0 Å². The molecule has 1 aliphatic rings. The van der Waals surface area contributed by atoms with E-state index in [1.165, 1.54) is 45.0 Å². The lowest BCUT2D eigenvalue weighted by atomic mass is 10.3. The van der Waals surface area contributed by atoms with Gasteiger partial charge in [-0.15, -0.1) is 0 Å². The first-order valence-electron chi connectivity index (χ1n) is 4.80. The second-order valence-corrected chi connectivity index (χ2v) is 4.25. The van der Waals surface area contributed by atoms with E-state index in [4.69, 9.17) is 0 Å². The number of hydrogen-bond acceptors (Lipinski definition) is 3. The molecule has 0 amide bonds. The highest BCUT2D eigenvalue weighted by Gasteiger charge is 2.13. The first-order chi connectivity index (χ1) is 5.86.